The number of fused-ring (bicyclic) bond motifs is 1. The van der Waals surface area contributed by atoms with Crippen molar-refractivity contribution in [3.63, 3.8) is 0 Å². The molecule has 3 aliphatic heterocycles. The van der Waals surface area contributed by atoms with Crippen molar-refractivity contribution in [2.24, 2.45) is 5.41 Å². The average Bonchev–Trinajstić information content (AvgIpc) is 3.17. The molecule has 3 aromatic rings. The first kappa shape index (κ1) is 23.6. The number of aromatic nitrogens is 2. The Morgan fingerprint density at radius 3 is 2.42 bits per heavy atom. The molecule has 3 aliphatic rings. The average molecular weight is 519 g/mol. The van der Waals surface area contributed by atoms with Crippen LogP contribution in [0.1, 0.15) is 25.5 Å². The van der Waals surface area contributed by atoms with Crippen molar-refractivity contribution in [2.45, 2.75) is 25.5 Å². The first-order valence-corrected chi connectivity index (χ1v) is 13.9. The fraction of sp³-hybridized carbons (Fsp3) is 0.480. The second-order valence-electron chi connectivity index (χ2n) is 10.2. The van der Waals surface area contributed by atoms with Gasteiger partial charge in [0.2, 0.25) is 10.0 Å². The van der Waals surface area contributed by atoms with Crippen LogP contribution in [0.25, 0.3) is 22.2 Å². The highest BCUT2D eigenvalue weighted by molar-refractivity contribution is 7.88. The summed E-state index contributed by atoms with van der Waals surface area (Å²) in [5.41, 5.74) is 1.30. The molecule has 0 bridgehead atoms. The number of sulfonamides is 1. The second-order valence-corrected chi connectivity index (χ2v) is 12.2. The summed E-state index contributed by atoms with van der Waals surface area (Å²) < 4.78 is 68.5. The van der Waals surface area contributed by atoms with Gasteiger partial charge in [0.15, 0.2) is 6.23 Å². The summed E-state index contributed by atoms with van der Waals surface area (Å²) in [6.45, 7) is 2.26. The normalized spacial score (nSPS) is 22.0. The summed E-state index contributed by atoms with van der Waals surface area (Å²) >= 11 is 0. The van der Waals surface area contributed by atoms with Crippen LogP contribution in [0.5, 0.6) is 5.75 Å². The molecule has 1 atom stereocenters. The van der Waals surface area contributed by atoms with Crippen molar-refractivity contribution in [1.29, 1.82) is 0 Å². The van der Waals surface area contributed by atoms with E-state index in [1.165, 1.54) is 22.7 Å². The highest BCUT2D eigenvalue weighted by Gasteiger charge is 2.55. The molecule has 36 heavy (non-hydrogen) atoms. The van der Waals surface area contributed by atoms with E-state index in [9.17, 15) is 8.42 Å². The van der Waals surface area contributed by atoms with Crippen molar-refractivity contribution in [3.05, 3.63) is 42.0 Å². The number of benzene rings is 2. The van der Waals surface area contributed by atoms with Crippen molar-refractivity contribution in [2.75, 3.05) is 51.1 Å². The molecule has 1 aromatic heterocycles. The van der Waals surface area contributed by atoms with Crippen LogP contribution in [0.15, 0.2) is 30.3 Å². The van der Waals surface area contributed by atoms with Gasteiger partial charge < -0.3 is 14.4 Å². The van der Waals surface area contributed by atoms with Crippen LogP contribution < -0.4 is 9.64 Å². The number of methoxy groups -OCH3 is 1. The molecule has 3 saturated heterocycles. The lowest BCUT2D eigenvalue weighted by Crippen LogP contribution is -2.73. The fourth-order valence-corrected chi connectivity index (χ4v) is 6.67. The third kappa shape index (κ3) is 3.84. The monoisotopic (exact) mass is 518 g/mol. The molecule has 0 N–H and O–H groups in total. The molecule has 2 aromatic carbocycles. The van der Waals surface area contributed by atoms with Gasteiger partial charge in [-0.3, -0.25) is 0 Å². The topological polar surface area (TPSA) is 76.9 Å². The number of hydrogen-bond acceptors (Lipinski definition) is 6. The molecule has 4 heterocycles. The number of anilines is 1. The molecule has 11 heteroatoms. The van der Waals surface area contributed by atoms with Gasteiger partial charge in [-0.1, -0.05) is 0 Å². The van der Waals surface area contributed by atoms with Crippen LogP contribution in [0.4, 0.5) is 14.5 Å². The highest BCUT2D eigenvalue weighted by atomic mass is 32.2. The first-order valence-electron chi connectivity index (χ1n) is 12.0. The van der Waals surface area contributed by atoms with E-state index in [0.29, 0.717) is 49.8 Å². The molecule has 192 valence electrons. The predicted octanol–water partition coefficient (Wildman–Crippen LogP) is 3.77. The van der Waals surface area contributed by atoms with E-state index in [-0.39, 0.29) is 17.3 Å². The predicted molar refractivity (Wildman–Crippen MR) is 132 cm³/mol. The van der Waals surface area contributed by atoms with E-state index in [0.717, 1.165) is 30.2 Å². The van der Waals surface area contributed by atoms with E-state index in [4.69, 9.17) is 14.6 Å². The van der Waals surface area contributed by atoms with Gasteiger partial charge in [-0.25, -0.2) is 26.2 Å². The Morgan fingerprint density at radius 1 is 1.08 bits per heavy atom. The Kier molecular flexibility index (Phi) is 5.51. The lowest BCUT2D eigenvalue weighted by molar-refractivity contribution is -0.0365. The number of ether oxygens (including phenoxy) is 2. The van der Waals surface area contributed by atoms with E-state index in [1.54, 1.807) is 22.8 Å². The molecule has 0 amide bonds. The van der Waals surface area contributed by atoms with Crippen molar-refractivity contribution >= 4 is 26.6 Å². The minimum atomic E-state index is -3.24. The maximum atomic E-state index is 15.3. The van der Waals surface area contributed by atoms with Gasteiger partial charge in [-0.15, -0.1) is 0 Å². The summed E-state index contributed by atoms with van der Waals surface area (Å²) in [7, 11) is -1.65. The van der Waals surface area contributed by atoms with Crippen LogP contribution in [0, 0.1) is 17.0 Å². The smallest absolute Gasteiger partial charge is 0.211 e. The lowest BCUT2D eigenvalue weighted by Gasteiger charge is -2.60. The minimum absolute atomic E-state index is 0.0804. The van der Waals surface area contributed by atoms with Crippen LogP contribution in [-0.4, -0.2) is 68.7 Å². The Balaban J connectivity index is 1.31. The van der Waals surface area contributed by atoms with Gasteiger partial charge in [0.25, 0.3) is 0 Å². The fourth-order valence-electron chi connectivity index (χ4n) is 5.66. The molecule has 0 saturated carbocycles. The van der Waals surface area contributed by atoms with E-state index >= 15 is 8.78 Å². The van der Waals surface area contributed by atoms with Gasteiger partial charge in [-0.2, -0.15) is 5.10 Å². The maximum absolute atomic E-state index is 15.3. The maximum Gasteiger partial charge on any atom is 0.211 e. The molecule has 6 rings (SSSR count). The van der Waals surface area contributed by atoms with Crippen molar-refractivity contribution in [3.8, 4) is 17.0 Å². The number of hydrogen-bond donors (Lipinski definition) is 0. The Morgan fingerprint density at radius 2 is 1.81 bits per heavy atom. The Labute approximate surface area is 208 Å². The standard InChI is InChI=1S/C25H28F2N4O4S/c1-34-17-6-7-18-21(11-17)31(22-5-3-4-8-35-22)28-23(18)16-9-19(26)24(20(27)10-16)29-12-25(13-29)14-30(15-25)36(2,32)33/h6-7,9-11,22H,3-5,8,12-15H2,1-2H3. The van der Waals surface area contributed by atoms with Gasteiger partial charge >= 0.3 is 0 Å². The lowest BCUT2D eigenvalue weighted by atomic mass is 9.74. The zero-order chi connectivity index (χ0) is 25.2. The van der Waals surface area contributed by atoms with Crippen LogP contribution >= 0.6 is 0 Å². The quantitative estimate of drug-likeness (QED) is 0.512. The number of nitrogens with zero attached hydrogens (tertiary/aromatic N) is 4. The third-order valence-corrected chi connectivity index (χ3v) is 8.69. The molecule has 0 radical (unpaired) electrons. The molecule has 3 fully saturated rings. The zero-order valence-corrected chi connectivity index (χ0v) is 21.0. The summed E-state index contributed by atoms with van der Waals surface area (Å²) in [6, 6.07) is 8.17. The Bertz CT molecular complexity index is 1410. The largest absolute Gasteiger partial charge is 0.497 e. The minimum Gasteiger partial charge on any atom is -0.497 e. The van der Waals surface area contributed by atoms with Crippen LogP contribution in [0.3, 0.4) is 0 Å². The Hall–Kier alpha value is -2.76. The van der Waals surface area contributed by atoms with Gasteiger partial charge in [0.05, 0.1) is 18.9 Å². The molecule has 1 unspecified atom stereocenters. The van der Waals surface area contributed by atoms with Gasteiger partial charge in [0, 0.05) is 55.2 Å². The second kappa shape index (κ2) is 8.39. The molecular formula is C25H28F2N4O4S. The molecular weight excluding hydrogens is 490 g/mol. The molecule has 0 aliphatic carbocycles. The van der Waals surface area contributed by atoms with Gasteiger partial charge in [-0.05, 0) is 43.5 Å². The van der Waals surface area contributed by atoms with Crippen molar-refractivity contribution in [1.82, 2.24) is 14.1 Å². The summed E-state index contributed by atoms with van der Waals surface area (Å²) in [6.07, 6.45) is 3.75. The van der Waals surface area contributed by atoms with Crippen LogP contribution in [-0.2, 0) is 14.8 Å². The van der Waals surface area contributed by atoms with Gasteiger partial charge in [0.1, 0.15) is 28.8 Å². The number of rotatable bonds is 5. The molecule has 8 nitrogen and oxygen atoms in total. The third-order valence-electron chi connectivity index (χ3n) is 7.49. The van der Waals surface area contributed by atoms with Crippen LogP contribution in [0.2, 0.25) is 0 Å². The van der Waals surface area contributed by atoms with E-state index in [2.05, 4.69) is 0 Å². The van der Waals surface area contributed by atoms with E-state index < -0.39 is 21.7 Å². The molecule has 1 spiro atoms. The summed E-state index contributed by atoms with van der Waals surface area (Å²) in [5, 5.41) is 5.51. The highest BCUT2D eigenvalue weighted by Crippen LogP contribution is 2.45. The first-order chi connectivity index (χ1) is 17.2. The summed E-state index contributed by atoms with van der Waals surface area (Å²) in [5.74, 6) is -0.663. The van der Waals surface area contributed by atoms with Crippen molar-refractivity contribution < 1.29 is 26.7 Å². The number of halogens is 2. The van der Waals surface area contributed by atoms with E-state index in [1.807, 2.05) is 12.1 Å². The summed E-state index contributed by atoms with van der Waals surface area (Å²) in [4.78, 5) is 1.64. The zero-order valence-electron chi connectivity index (χ0n) is 20.2. The SMILES string of the molecule is COc1ccc2c(-c3cc(F)c(N4CC5(C4)CN(S(C)(=O)=O)C5)c(F)c3)nn(C3CCCCO3)c2c1.